The lowest BCUT2D eigenvalue weighted by Gasteiger charge is -2.11. The second-order valence-electron chi connectivity index (χ2n) is 2.31. The monoisotopic (exact) mass is 142 g/mol. The fourth-order valence-corrected chi connectivity index (χ4v) is 1.01. The first-order chi connectivity index (χ1) is 4.93. The van der Waals surface area contributed by atoms with E-state index in [4.69, 9.17) is 4.74 Å². The highest BCUT2D eigenvalue weighted by atomic mass is 16.5. The van der Waals surface area contributed by atoms with Gasteiger partial charge in [-0.05, 0) is 0 Å². The summed E-state index contributed by atoms with van der Waals surface area (Å²) in [6.07, 6.45) is 1.49. The highest BCUT2D eigenvalue weighted by molar-refractivity contribution is 4.65. The van der Waals surface area contributed by atoms with Crippen LogP contribution in [0, 0.1) is 0 Å². The van der Waals surface area contributed by atoms with Crippen molar-refractivity contribution in [3.63, 3.8) is 0 Å². The Balaban J connectivity index is 1.96. The first kappa shape index (κ1) is 7.57. The molecule has 0 amide bonds. The fraction of sp³-hybridized carbons (Fsp3) is 0.714. The summed E-state index contributed by atoms with van der Waals surface area (Å²) in [5, 5.41) is 3.24. The van der Waals surface area contributed by atoms with E-state index in [-0.39, 0.29) is 0 Å². The molecule has 1 fully saturated rings. The van der Waals surface area contributed by atoms with E-state index in [0.717, 1.165) is 32.9 Å². The zero-order valence-electron chi connectivity index (χ0n) is 6.18. The highest BCUT2D eigenvalue weighted by Gasteiger charge is 2.08. The predicted molar refractivity (Wildman–Crippen MR) is 40.6 cm³/mol. The molecule has 1 aliphatic rings. The lowest BCUT2D eigenvalue weighted by molar-refractivity contribution is 0.196. The maximum absolute atomic E-state index is 4.99. The third kappa shape index (κ3) is 2.37. The average molecular weight is 142 g/mol. The third-order valence-corrected chi connectivity index (χ3v) is 1.58. The summed E-state index contributed by atoms with van der Waals surface area (Å²) >= 11 is 0. The van der Waals surface area contributed by atoms with E-state index < -0.39 is 0 Å². The average Bonchev–Trinajstić information content (AvgIpc) is 2.41. The summed E-state index contributed by atoms with van der Waals surface area (Å²) in [6.45, 7) is 8.47. The Kier molecular flexibility index (Phi) is 3.26. The number of rotatable bonds is 4. The molecule has 0 atom stereocenters. The Labute approximate surface area is 61.7 Å². The SMILES string of the molecule is C=COCCN1CCNC1. The summed E-state index contributed by atoms with van der Waals surface area (Å²) in [7, 11) is 0. The van der Waals surface area contributed by atoms with Crippen LogP contribution >= 0.6 is 0 Å². The second kappa shape index (κ2) is 4.30. The van der Waals surface area contributed by atoms with Gasteiger partial charge in [0.1, 0.15) is 0 Å². The highest BCUT2D eigenvalue weighted by Crippen LogP contribution is 1.91. The van der Waals surface area contributed by atoms with Gasteiger partial charge in [0.05, 0.1) is 12.9 Å². The van der Waals surface area contributed by atoms with E-state index in [2.05, 4.69) is 16.8 Å². The molecule has 1 heterocycles. The van der Waals surface area contributed by atoms with Crippen molar-refractivity contribution in [2.45, 2.75) is 0 Å². The van der Waals surface area contributed by atoms with Crippen LogP contribution < -0.4 is 5.32 Å². The van der Waals surface area contributed by atoms with Crippen molar-refractivity contribution < 1.29 is 4.74 Å². The topological polar surface area (TPSA) is 24.5 Å². The minimum atomic E-state index is 0.755. The summed E-state index contributed by atoms with van der Waals surface area (Å²) in [5.74, 6) is 0. The van der Waals surface area contributed by atoms with Gasteiger partial charge in [0.25, 0.3) is 0 Å². The molecule has 10 heavy (non-hydrogen) atoms. The van der Waals surface area contributed by atoms with Crippen LogP contribution in [-0.4, -0.2) is 37.8 Å². The molecule has 1 rings (SSSR count). The van der Waals surface area contributed by atoms with E-state index >= 15 is 0 Å². The number of nitrogens with zero attached hydrogens (tertiary/aromatic N) is 1. The number of nitrogens with one attached hydrogen (secondary N) is 1. The smallest absolute Gasteiger partial charge is 0.1000 e. The van der Waals surface area contributed by atoms with Crippen molar-refractivity contribution in [2.75, 3.05) is 32.9 Å². The van der Waals surface area contributed by atoms with Gasteiger partial charge in [0.2, 0.25) is 0 Å². The van der Waals surface area contributed by atoms with Crippen LogP contribution in [0.5, 0.6) is 0 Å². The van der Waals surface area contributed by atoms with Crippen molar-refractivity contribution in [3.8, 4) is 0 Å². The van der Waals surface area contributed by atoms with E-state index in [1.807, 2.05) is 0 Å². The maximum atomic E-state index is 4.99. The van der Waals surface area contributed by atoms with Gasteiger partial charge in [0.15, 0.2) is 0 Å². The zero-order chi connectivity index (χ0) is 7.23. The van der Waals surface area contributed by atoms with Gasteiger partial charge in [-0.15, -0.1) is 0 Å². The van der Waals surface area contributed by atoms with Crippen LogP contribution in [0.4, 0.5) is 0 Å². The standard InChI is InChI=1S/C7H14N2O/c1-2-10-6-5-9-4-3-8-7-9/h2,8H,1,3-7H2. The van der Waals surface area contributed by atoms with Crippen LogP contribution in [0.1, 0.15) is 0 Å². The van der Waals surface area contributed by atoms with Crippen molar-refractivity contribution in [2.24, 2.45) is 0 Å². The Morgan fingerprint density at radius 1 is 1.70 bits per heavy atom. The van der Waals surface area contributed by atoms with Crippen LogP contribution in [0.2, 0.25) is 0 Å². The molecule has 0 spiro atoms. The summed E-state index contributed by atoms with van der Waals surface area (Å²) < 4.78 is 4.99. The van der Waals surface area contributed by atoms with Crippen LogP contribution in [-0.2, 0) is 4.74 Å². The van der Waals surface area contributed by atoms with Gasteiger partial charge in [-0.3, -0.25) is 4.90 Å². The molecule has 1 saturated heterocycles. The van der Waals surface area contributed by atoms with Crippen LogP contribution in [0.3, 0.4) is 0 Å². The number of ether oxygens (including phenoxy) is 1. The molecule has 0 aliphatic carbocycles. The zero-order valence-corrected chi connectivity index (χ0v) is 6.18. The van der Waals surface area contributed by atoms with Gasteiger partial charge in [-0.25, -0.2) is 0 Å². The number of hydrogen-bond donors (Lipinski definition) is 1. The van der Waals surface area contributed by atoms with E-state index in [1.54, 1.807) is 0 Å². The van der Waals surface area contributed by atoms with Crippen molar-refractivity contribution in [1.29, 1.82) is 0 Å². The third-order valence-electron chi connectivity index (χ3n) is 1.58. The lowest BCUT2D eigenvalue weighted by Crippen LogP contribution is -2.25. The molecular weight excluding hydrogens is 128 g/mol. The molecule has 3 heteroatoms. The van der Waals surface area contributed by atoms with E-state index in [0.29, 0.717) is 0 Å². The second-order valence-corrected chi connectivity index (χ2v) is 2.31. The Hall–Kier alpha value is -0.540. The normalized spacial score (nSPS) is 19.2. The van der Waals surface area contributed by atoms with Gasteiger partial charge in [0, 0.05) is 26.3 Å². The molecule has 0 saturated carbocycles. The molecule has 0 radical (unpaired) electrons. The molecule has 1 N–H and O–H groups in total. The molecule has 1 aliphatic heterocycles. The summed E-state index contributed by atoms with van der Waals surface area (Å²) in [5.41, 5.74) is 0. The Bertz CT molecular complexity index is 99.8. The van der Waals surface area contributed by atoms with Crippen molar-refractivity contribution in [1.82, 2.24) is 10.2 Å². The van der Waals surface area contributed by atoms with Gasteiger partial charge < -0.3 is 10.1 Å². The molecule has 0 unspecified atom stereocenters. The summed E-state index contributed by atoms with van der Waals surface area (Å²) in [6, 6.07) is 0. The first-order valence-corrected chi connectivity index (χ1v) is 3.59. The van der Waals surface area contributed by atoms with Crippen LogP contribution in [0.15, 0.2) is 12.8 Å². The van der Waals surface area contributed by atoms with E-state index in [1.165, 1.54) is 6.26 Å². The Morgan fingerprint density at radius 3 is 3.20 bits per heavy atom. The maximum Gasteiger partial charge on any atom is 0.1000 e. The molecular formula is C7H14N2O. The van der Waals surface area contributed by atoms with Crippen LogP contribution in [0.25, 0.3) is 0 Å². The molecule has 3 nitrogen and oxygen atoms in total. The largest absolute Gasteiger partial charge is 0.500 e. The van der Waals surface area contributed by atoms with Crippen molar-refractivity contribution >= 4 is 0 Å². The number of hydrogen-bond acceptors (Lipinski definition) is 3. The quantitative estimate of drug-likeness (QED) is 0.442. The molecule has 58 valence electrons. The molecule has 0 aromatic rings. The minimum absolute atomic E-state index is 0.755. The van der Waals surface area contributed by atoms with Gasteiger partial charge >= 0.3 is 0 Å². The summed E-state index contributed by atoms with van der Waals surface area (Å²) in [4.78, 5) is 2.31. The Morgan fingerprint density at radius 2 is 2.60 bits per heavy atom. The van der Waals surface area contributed by atoms with Crippen molar-refractivity contribution in [3.05, 3.63) is 12.8 Å². The van der Waals surface area contributed by atoms with Gasteiger partial charge in [-0.1, -0.05) is 6.58 Å². The first-order valence-electron chi connectivity index (χ1n) is 3.59. The predicted octanol–water partition coefficient (Wildman–Crippen LogP) is 0.00920. The molecule has 0 aromatic heterocycles. The fourth-order valence-electron chi connectivity index (χ4n) is 1.01. The molecule has 0 aromatic carbocycles. The minimum Gasteiger partial charge on any atom is -0.500 e. The van der Waals surface area contributed by atoms with Gasteiger partial charge in [-0.2, -0.15) is 0 Å². The molecule has 0 bridgehead atoms. The van der Waals surface area contributed by atoms with E-state index in [9.17, 15) is 0 Å². The lowest BCUT2D eigenvalue weighted by atomic mass is 10.5.